The van der Waals surface area contributed by atoms with Crippen LogP contribution >= 0.6 is 0 Å². The first-order valence-corrected chi connectivity index (χ1v) is 8.23. The second-order valence-corrected chi connectivity index (χ2v) is 7.90. The van der Waals surface area contributed by atoms with Gasteiger partial charge in [-0.25, -0.2) is 0 Å². The number of hydrogen-bond donors (Lipinski definition) is 0. The van der Waals surface area contributed by atoms with Crippen molar-refractivity contribution in [3.05, 3.63) is 29.8 Å². The van der Waals surface area contributed by atoms with E-state index in [9.17, 15) is 13.2 Å². The highest BCUT2D eigenvalue weighted by Crippen LogP contribution is 2.39. The number of ketones is 1. The van der Waals surface area contributed by atoms with Gasteiger partial charge >= 0.3 is 0 Å². The third-order valence-corrected chi connectivity index (χ3v) is 5.95. The number of ether oxygens (including phenoxy) is 1. The van der Waals surface area contributed by atoms with Gasteiger partial charge in [-0.15, -0.1) is 0 Å². The monoisotopic (exact) mass is 310 g/mol. The zero-order chi connectivity index (χ0) is 15.3. The van der Waals surface area contributed by atoms with Crippen LogP contribution in [0.3, 0.4) is 0 Å². The minimum absolute atomic E-state index is 0.0148. The van der Waals surface area contributed by atoms with Crippen molar-refractivity contribution < 1.29 is 17.9 Å². The Labute approximate surface area is 124 Å². The summed E-state index contributed by atoms with van der Waals surface area (Å²) in [5.41, 5.74) is -0.147. The summed E-state index contributed by atoms with van der Waals surface area (Å²) in [6.45, 7) is 0.587. The Hall–Kier alpha value is -1.44. The Bertz CT molecular complexity index is 686. The number of carbonyl (C=O) groups excluding carboxylic acids is 1. The highest BCUT2D eigenvalue weighted by Gasteiger charge is 2.48. The zero-order valence-electron chi connectivity index (χ0n) is 12.1. The second-order valence-electron chi connectivity index (χ2n) is 5.75. The van der Waals surface area contributed by atoms with Crippen LogP contribution in [0.2, 0.25) is 0 Å². The SMILES string of the molecule is CN(C)S(=O)(=O)N1CCC2(CC(=O)c3ccccc3O2)C1. The van der Waals surface area contributed by atoms with Crippen LogP contribution in [0.1, 0.15) is 23.2 Å². The van der Waals surface area contributed by atoms with E-state index in [1.54, 1.807) is 18.2 Å². The molecule has 0 amide bonds. The van der Waals surface area contributed by atoms with Gasteiger partial charge in [-0.05, 0) is 12.1 Å². The van der Waals surface area contributed by atoms with Crippen molar-refractivity contribution in [3.8, 4) is 5.75 Å². The van der Waals surface area contributed by atoms with Gasteiger partial charge in [0.25, 0.3) is 10.2 Å². The minimum atomic E-state index is -3.47. The lowest BCUT2D eigenvalue weighted by atomic mass is 9.89. The first-order chi connectivity index (χ1) is 9.84. The average Bonchev–Trinajstić information content (AvgIpc) is 2.82. The molecule has 0 aromatic heterocycles. The van der Waals surface area contributed by atoms with Crippen molar-refractivity contribution in [2.24, 2.45) is 0 Å². The van der Waals surface area contributed by atoms with Crippen LogP contribution in [-0.2, 0) is 10.2 Å². The fraction of sp³-hybridized carbons (Fsp3) is 0.500. The van der Waals surface area contributed by atoms with Gasteiger partial charge in [-0.3, -0.25) is 4.79 Å². The summed E-state index contributed by atoms with van der Waals surface area (Å²) >= 11 is 0. The van der Waals surface area contributed by atoms with Crippen LogP contribution in [0.15, 0.2) is 24.3 Å². The standard InChI is InChI=1S/C14H18N2O4S/c1-15(2)21(18,19)16-8-7-14(10-16)9-12(17)11-5-3-4-6-13(11)20-14/h3-6H,7-10H2,1-2H3. The number of Topliss-reactive ketones (excluding diaryl/α,β-unsaturated/α-hetero) is 1. The van der Waals surface area contributed by atoms with Crippen LogP contribution in [0.4, 0.5) is 0 Å². The fourth-order valence-corrected chi connectivity index (χ4v) is 4.09. The first kappa shape index (κ1) is 14.5. The lowest BCUT2D eigenvalue weighted by molar-refractivity contribution is 0.0497. The smallest absolute Gasteiger partial charge is 0.281 e. The molecule has 1 aromatic carbocycles. The van der Waals surface area contributed by atoms with E-state index in [-0.39, 0.29) is 18.7 Å². The van der Waals surface area contributed by atoms with E-state index >= 15 is 0 Å². The molecule has 6 nitrogen and oxygen atoms in total. The van der Waals surface area contributed by atoms with Gasteiger partial charge in [0.05, 0.1) is 18.5 Å². The predicted octanol–water partition coefficient (Wildman–Crippen LogP) is 0.903. The summed E-state index contributed by atoms with van der Waals surface area (Å²) in [4.78, 5) is 12.3. The van der Waals surface area contributed by atoms with E-state index in [1.165, 1.54) is 22.7 Å². The molecule has 0 bridgehead atoms. The topological polar surface area (TPSA) is 66.9 Å². The van der Waals surface area contributed by atoms with Crippen LogP contribution in [0, 0.1) is 0 Å². The van der Waals surface area contributed by atoms with E-state index in [4.69, 9.17) is 4.74 Å². The molecule has 7 heteroatoms. The maximum absolute atomic E-state index is 12.3. The number of hydrogen-bond acceptors (Lipinski definition) is 4. The van der Waals surface area contributed by atoms with Crippen molar-refractivity contribution in [3.63, 3.8) is 0 Å². The Kier molecular flexibility index (Phi) is 3.31. The minimum Gasteiger partial charge on any atom is -0.485 e. The molecule has 0 N–H and O–H groups in total. The number of rotatable bonds is 2. The van der Waals surface area contributed by atoms with Gasteiger partial charge in [0, 0.05) is 27.1 Å². The maximum Gasteiger partial charge on any atom is 0.281 e. The van der Waals surface area contributed by atoms with Crippen molar-refractivity contribution in [2.75, 3.05) is 27.2 Å². The highest BCUT2D eigenvalue weighted by molar-refractivity contribution is 7.86. The Morgan fingerprint density at radius 1 is 1.29 bits per heavy atom. The summed E-state index contributed by atoms with van der Waals surface area (Å²) in [7, 11) is -0.466. The maximum atomic E-state index is 12.3. The van der Waals surface area contributed by atoms with Gasteiger partial charge in [0.2, 0.25) is 0 Å². The molecule has 1 fully saturated rings. The molecule has 1 saturated heterocycles. The molecule has 0 aliphatic carbocycles. The third-order valence-electron chi connectivity index (χ3n) is 4.07. The Balaban J connectivity index is 1.88. The molecule has 21 heavy (non-hydrogen) atoms. The number of para-hydroxylation sites is 1. The largest absolute Gasteiger partial charge is 0.485 e. The van der Waals surface area contributed by atoms with Gasteiger partial charge in [-0.2, -0.15) is 17.0 Å². The molecule has 3 rings (SSSR count). The summed E-state index contributed by atoms with van der Waals surface area (Å²) in [5.74, 6) is 0.568. The zero-order valence-corrected chi connectivity index (χ0v) is 12.9. The van der Waals surface area contributed by atoms with Crippen LogP contribution in [0.5, 0.6) is 5.75 Å². The van der Waals surface area contributed by atoms with Crippen LogP contribution < -0.4 is 4.74 Å². The molecule has 0 saturated carbocycles. The summed E-state index contributed by atoms with van der Waals surface area (Å²) < 4.78 is 33.0. The predicted molar refractivity (Wildman–Crippen MR) is 77.5 cm³/mol. The second kappa shape index (κ2) is 4.79. The van der Waals surface area contributed by atoms with Crippen molar-refractivity contribution in [1.29, 1.82) is 0 Å². The van der Waals surface area contributed by atoms with E-state index in [0.29, 0.717) is 24.3 Å². The van der Waals surface area contributed by atoms with Crippen molar-refractivity contribution in [2.45, 2.75) is 18.4 Å². The van der Waals surface area contributed by atoms with Crippen LogP contribution in [0.25, 0.3) is 0 Å². The molecule has 1 atom stereocenters. The summed E-state index contributed by atoms with van der Waals surface area (Å²) in [5, 5.41) is 0. The Morgan fingerprint density at radius 2 is 2.00 bits per heavy atom. The molecule has 1 spiro atoms. The number of carbonyl (C=O) groups is 1. The van der Waals surface area contributed by atoms with E-state index in [1.807, 2.05) is 6.07 Å². The van der Waals surface area contributed by atoms with Crippen molar-refractivity contribution >= 4 is 16.0 Å². The molecule has 0 radical (unpaired) electrons. The van der Waals surface area contributed by atoms with E-state index in [0.717, 1.165) is 0 Å². The lowest BCUT2D eigenvalue weighted by Gasteiger charge is -2.34. The summed E-state index contributed by atoms with van der Waals surface area (Å²) in [6.07, 6.45) is 0.754. The molecule has 2 aliphatic rings. The average molecular weight is 310 g/mol. The molecular weight excluding hydrogens is 292 g/mol. The first-order valence-electron chi connectivity index (χ1n) is 6.83. The third kappa shape index (κ3) is 2.35. The number of fused-ring (bicyclic) bond motifs is 1. The van der Waals surface area contributed by atoms with Gasteiger partial charge in [-0.1, -0.05) is 12.1 Å². The normalized spacial score (nSPS) is 26.1. The van der Waals surface area contributed by atoms with Crippen molar-refractivity contribution in [1.82, 2.24) is 8.61 Å². The molecule has 2 heterocycles. The quantitative estimate of drug-likeness (QED) is 0.814. The number of benzene rings is 1. The fourth-order valence-electron chi connectivity index (χ4n) is 2.91. The number of nitrogens with zero attached hydrogens (tertiary/aromatic N) is 2. The molecule has 2 aliphatic heterocycles. The lowest BCUT2D eigenvalue weighted by Crippen LogP contribution is -2.47. The van der Waals surface area contributed by atoms with Gasteiger partial charge < -0.3 is 4.74 Å². The molecular formula is C14H18N2O4S. The highest BCUT2D eigenvalue weighted by atomic mass is 32.2. The Morgan fingerprint density at radius 3 is 2.71 bits per heavy atom. The molecule has 114 valence electrons. The summed E-state index contributed by atoms with van der Waals surface area (Å²) in [6, 6.07) is 7.12. The van der Waals surface area contributed by atoms with Gasteiger partial charge in [0.15, 0.2) is 5.78 Å². The van der Waals surface area contributed by atoms with Gasteiger partial charge in [0.1, 0.15) is 11.4 Å². The molecule has 1 aromatic rings. The molecule has 1 unspecified atom stereocenters. The van der Waals surface area contributed by atoms with Crippen LogP contribution in [-0.4, -0.2) is 55.6 Å². The van der Waals surface area contributed by atoms with E-state index < -0.39 is 15.8 Å². The van der Waals surface area contributed by atoms with E-state index in [2.05, 4.69) is 0 Å².